The summed E-state index contributed by atoms with van der Waals surface area (Å²) in [6.45, 7) is 1.59. The van der Waals surface area contributed by atoms with Crippen molar-refractivity contribution >= 4 is 11.9 Å². The third kappa shape index (κ3) is 4.05. The number of carbonyl (C=O) groups excluding carboxylic acids is 2. The highest BCUT2D eigenvalue weighted by molar-refractivity contribution is 5.91. The molecule has 0 unspecified atom stereocenters. The molecule has 20 heavy (non-hydrogen) atoms. The van der Waals surface area contributed by atoms with Gasteiger partial charge < -0.3 is 10.1 Å². The van der Waals surface area contributed by atoms with Gasteiger partial charge in [-0.3, -0.25) is 9.78 Å². The number of hydrogen-bond donors (Lipinski definition) is 1. The molecule has 1 saturated carbocycles. The van der Waals surface area contributed by atoms with E-state index in [0.717, 1.165) is 25.7 Å². The Hall–Kier alpha value is -1.91. The summed E-state index contributed by atoms with van der Waals surface area (Å²) in [5.41, 5.74) is 0.352. The number of hydrogen-bond acceptors (Lipinski definition) is 4. The average molecular weight is 276 g/mol. The fourth-order valence-corrected chi connectivity index (χ4v) is 2.33. The van der Waals surface area contributed by atoms with Crippen LogP contribution in [0.3, 0.4) is 0 Å². The summed E-state index contributed by atoms with van der Waals surface area (Å²) in [5, 5.41) is 2.94. The van der Waals surface area contributed by atoms with Gasteiger partial charge in [0.1, 0.15) is 0 Å². The molecule has 5 heteroatoms. The van der Waals surface area contributed by atoms with Crippen molar-refractivity contribution in [3.63, 3.8) is 0 Å². The quantitative estimate of drug-likeness (QED) is 0.855. The van der Waals surface area contributed by atoms with E-state index in [1.165, 1.54) is 12.6 Å². The molecule has 1 aliphatic rings. The molecule has 1 amide bonds. The molecule has 108 valence electrons. The van der Waals surface area contributed by atoms with Crippen LogP contribution < -0.4 is 5.32 Å². The highest BCUT2D eigenvalue weighted by Gasteiger charge is 2.22. The first-order chi connectivity index (χ1) is 9.66. The third-order valence-electron chi connectivity index (χ3n) is 3.50. The first-order valence-electron chi connectivity index (χ1n) is 7.08. The van der Waals surface area contributed by atoms with Gasteiger partial charge >= 0.3 is 5.97 Å². The Labute approximate surface area is 118 Å². The van der Waals surface area contributed by atoms with Gasteiger partial charge in [0.05, 0.1) is 5.56 Å². The standard InChI is InChI=1S/C15H20N2O3/c1-11(14(18)17-13-7-3-2-4-8-13)20-15(19)12-6-5-9-16-10-12/h5-6,9-11,13H,2-4,7-8H2,1H3,(H,17,18)/t11-/m0/s1. The number of aromatic nitrogens is 1. The number of rotatable bonds is 4. The molecule has 1 aromatic heterocycles. The number of esters is 1. The predicted octanol–water partition coefficient (Wildman–Crippen LogP) is 2.08. The number of amides is 1. The van der Waals surface area contributed by atoms with Crippen LogP contribution in [0.4, 0.5) is 0 Å². The lowest BCUT2D eigenvalue weighted by Crippen LogP contribution is -2.42. The van der Waals surface area contributed by atoms with Crippen LogP contribution in [0, 0.1) is 0 Å². The van der Waals surface area contributed by atoms with Crippen molar-refractivity contribution in [2.45, 2.75) is 51.2 Å². The lowest BCUT2D eigenvalue weighted by Gasteiger charge is -2.24. The normalized spacial score (nSPS) is 17.2. The predicted molar refractivity (Wildman–Crippen MR) is 74.1 cm³/mol. The van der Waals surface area contributed by atoms with Gasteiger partial charge in [0.2, 0.25) is 0 Å². The Morgan fingerprint density at radius 3 is 2.75 bits per heavy atom. The van der Waals surface area contributed by atoms with Crippen LogP contribution in [-0.4, -0.2) is 29.0 Å². The minimum Gasteiger partial charge on any atom is -0.449 e. The molecule has 1 aliphatic carbocycles. The highest BCUT2D eigenvalue weighted by Crippen LogP contribution is 2.17. The SMILES string of the molecule is C[C@H](OC(=O)c1cccnc1)C(=O)NC1CCCCC1. The van der Waals surface area contributed by atoms with Crippen molar-refractivity contribution < 1.29 is 14.3 Å². The summed E-state index contributed by atoms with van der Waals surface area (Å²) in [6.07, 6.45) is 7.76. The molecular formula is C15H20N2O3. The highest BCUT2D eigenvalue weighted by atomic mass is 16.5. The van der Waals surface area contributed by atoms with E-state index in [0.29, 0.717) is 5.56 Å². The van der Waals surface area contributed by atoms with E-state index < -0.39 is 12.1 Å². The van der Waals surface area contributed by atoms with Gasteiger partial charge in [0.15, 0.2) is 6.10 Å². The van der Waals surface area contributed by atoms with E-state index in [-0.39, 0.29) is 11.9 Å². The second kappa shape index (κ2) is 7.03. The summed E-state index contributed by atoms with van der Waals surface area (Å²) >= 11 is 0. The smallest absolute Gasteiger partial charge is 0.340 e. The van der Waals surface area contributed by atoms with E-state index in [9.17, 15) is 9.59 Å². The van der Waals surface area contributed by atoms with Crippen LogP contribution in [0.25, 0.3) is 0 Å². The van der Waals surface area contributed by atoms with Crippen LogP contribution in [0.15, 0.2) is 24.5 Å². The molecule has 1 heterocycles. The summed E-state index contributed by atoms with van der Waals surface area (Å²) in [6, 6.07) is 3.49. The Morgan fingerprint density at radius 1 is 1.35 bits per heavy atom. The zero-order valence-electron chi connectivity index (χ0n) is 11.7. The number of nitrogens with zero attached hydrogens (tertiary/aromatic N) is 1. The second-order valence-electron chi connectivity index (χ2n) is 5.13. The molecule has 5 nitrogen and oxygen atoms in total. The molecule has 0 aliphatic heterocycles. The van der Waals surface area contributed by atoms with Gasteiger partial charge in [-0.15, -0.1) is 0 Å². The maximum absolute atomic E-state index is 12.0. The minimum absolute atomic E-state index is 0.218. The van der Waals surface area contributed by atoms with Crippen LogP contribution in [-0.2, 0) is 9.53 Å². The first-order valence-corrected chi connectivity index (χ1v) is 7.08. The fraction of sp³-hybridized carbons (Fsp3) is 0.533. The first kappa shape index (κ1) is 14.5. The molecule has 0 aromatic carbocycles. The van der Waals surface area contributed by atoms with Crippen LogP contribution in [0.1, 0.15) is 49.4 Å². The molecule has 1 N–H and O–H groups in total. The molecule has 1 fully saturated rings. The minimum atomic E-state index is -0.787. The number of carbonyl (C=O) groups is 2. The van der Waals surface area contributed by atoms with Crippen molar-refractivity contribution in [3.8, 4) is 0 Å². The van der Waals surface area contributed by atoms with Crippen molar-refractivity contribution in [2.24, 2.45) is 0 Å². The van der Waals surface area contributed by atoms with Gasteiger partial charge in [-0.1, -0.05) is 19.3 Å². The summed E-state index contributed by atoms with van der Waals surface area (Å²) < 4.78 is 5.15. The maximum Gasteiger partial charge on any atom is 0.340 e. The molecular weight excluding hydrogens is 256 g/mol. The molecule has 1 aromatic rings. The summed E-state index contributed by atoms with van der Waals surface area (Å²) in [7, 11) is 0. The van der Waals surface area contributed by atoms with Gasteiger partial charge in [-0.2, -0.15) is 0 Å². The van der Waals surface area contributed by atoms with E-state index in [4.69, 9.17) is 4.74 Å². The van der Waals surface area contributed by atoms with Crippen LogP contribution >= 0.6 is 0 Å². The Kier molecular flexibility index (Phi) is 5.09. The lowest BCUT2D eigenvalue weighted by molar-refractivity contribution is -0.130. The zero-order chi connectivity index (χ0) is 14.4. The molecule has 1 atom stereocenters. The monoisotopic (exact) mass is 276 g/mol. The van der Waals surface area contributed by atoms with Crippen LogP contribution in [0.5, 0.6) is 0 Å². The number of nitrogens with one attached hydrogen (secondary N) is 1. The molecule has 2 rings (SSSR count). The van der Waals surface area contributed by atoms with Gasteiger partial charge in [0, 0.05) is 18.4 Å². The number of pyridine rings is 1. The molecule has 0 radical (unpaired) electrons. The van der Waals surface area contributed by atoms with E-state index >= 15 is 0 Å². The van der Waals surface area contributed by atoms with Crippen molar-refractivity contribution in [1.29, 1.82) is 0 Å². The van der Waals surface area contributed by atoms with Gasteiger partial charge in [-0.05, 0) is 31.9 Å². The second-order valence-corrected chi connectivity index (χ2v) is 5.13. The maximum atomic E-state index is 12.0. The molecule has 0 saturated heterocycles. The largest absolute Gasteiger partial charge is 0.449 e. The Bertz CT molecular complexity index is 455. The summed E-state index contributed by atoms with van der Waals surface area (Å²) in [5.74, 6) is -0.751. The number of ether oxygens (including phenoxy) is 1. The van der Waals surface area contributed by atoms with E-state index in [1.54, 1.807) is 25.3 Å². The topological polar surface area (TPSA) is 68.3 Å². The van der Waals surface area contributed by atoms with Gasteiger partial charge in [-0.25, -0.2) is 4.79 Å². The lowest BCUT2D eigenvalue weighted by atomic mass is 9.95. The van der Waals surface area contributed by atoms with Crippen LogP contribution in [0.2, 0.25) is 0 Å². The van der Waals surface area contributed by atoms with E-state index in [2.05, 4.69) is 10.3 Å². The average Bonchev–Trinajstić information content (AvgIpc) is 2.49. The fourth-order valence-electron chi connectivity index (χ4n) is 2.33. The molecule has 0 spiro atoms. The van der Waals surface area contributed by atoms with Crippen molar-refractivity contribution in [2.75, 3.05) is 0 Å². The Morgan fingerprint density at radius 2 is 2.10 bits per heavy atom. The summed E-state index contributed by atoms with van der Waals surface area (Å²) in [4.78, 5) is 27.6. The van der Waals surface area contributed by atoms with Gasteiger partial charge in [0.25, 0.3) is 5.91 Å². The van der Waals surface area contributed by atoms with Crippen molar-refractivity contribution in [1.82, 2.24) is 10.3 Å². The Balaban J connectivity index is 1.83. The zero-order valence-corrected chi connectivity index (χ0v) is 11.7. The third-order valence-corrected chi connectivity index (χ3v) is 3.50. The molecule has 0 bridgehead atoms. The van der Waals surface area contributed by atoms with Crippen molar-refractivity contribution in [3.05, 3.63) is 30.1 Å². The van der Waals surface area contributed by atoms with E-state index in [1.807, 2.05) is 0 Å².